The van der Waals surface area contributed by atoms with Crippen molar-refractivity contribution in [1.29, 1.82) is 0 Å². The molecule has 0 amide bonds. The molecule has 5 aromatic rings. The number of aromatic nitrogens is 1. The SMILES string of the molecule is [2H]c1c(-c2ccnc(-c3cc(C(C)(C)C)c4ccccc4c3)c2)[se]c2ccc(CC(C)(C)C)cc12. The first-order valence-electron chi connectivity index (χ1n) is 12.5. The quantitative estimate of drug-likeness (QED) is 0.221. The molecule has 2 aromatic heterocycles. The number of fused-ring (bicyclic) bond motifs is 2. The molecule has 0 fully saturated rings. The van der Waals surface area contributed by atoms with E-state index >= 15 is 0 Å². The summed E-state index contributed by atoms with van der Waals surface area (Å²) < 4.78 is 11.5. The first-order valence-corrected chi connectivity index (χ1v) is 13.7. The van der Waals surface area contributed by atoms with Crippen molar-refractivity contribution in [2.75, 3.05) is 0 Å². The zero-order valence-corrected chi connectivity index (χ0v) is 22.7. The molecular weight excluding hydrogens is 477 g/mol. The van der Waals surface area contributed by atoms with Gasteiger partial charge in [0.1, 0.15) is 0 Å². The summed E-state index contributed by atoms with van der Waals surface area (Å²) in [7, 11) is 0. The second kappa shape index (κ2) is 8.52. The Hall–Kier alpha value is -2.67. The van der Waals surface area contributed by atoms with Crippen LogP contribution in [-0.2, 0) is 11.8 Å². The monoisotopic (exact) mass is 512 g/mol. The predicted octanol–water partition coefficient (Wildman–Crippen LogP) is 8.67. The maximum absolute atomic E-state index is 9.01. The van der Waals surface area contributed by atoms with Gasteiger partial charge in [-0.15, -0.1) is 0 Å². The van der Waals surface area contributed by atoms with Gasteiger partial charge >= 0.3 is 211 Å². The molecule has 0 N–H and O–H groups in total. The number of benzene rings is 3. The summed E-state index contributed by atoms with van der Waals surface area (Å²) in [5.74, 6) is 0. The van der Waals surface area contributed by atoms with Crippen molar-refractivity contribution in [1.82, 2.24) is 4.98 Å². The van der Waals surface area contributed by atoms with Crippen LogP contribution in [0, 0.1) is 5.41 Å². The number of pyridine rings is 1. The molecule has 5 rings (SSSR count). The van der Waals surface area contributed by atoms with Gasteiger partial charge in [0.25, 0.3) is 0 Å². The van der Waals surface area contributed by atoms with Crippen LogP contribution in [0.15, 0.2) is 79.0 Å². The molecular formula is C32H33NSe. The molecule has 0 aliphatic carbocycles. The Morgan fingerprint density at radius 3 is 2.38 bits per heavy atom. The summed E-state index contributed by atoms with van der Waals surface area (Å²) in [5.41, 5.74) is 6.15. The number of rotatable bonds is 3. The van der Waals surface area contributed by atoms with Crippen LogP contribution in [0.3, 0.4) is 0 Å². The zero-order chi connectivity index (χ0) is 25.0. The molecule has 2 heterocycles. The van der Waals surface area contributed by atoms with Crippen LogP contribution >= 0.6 is 0 Å². The minimum atomic E-state index is 0.0328. The van der Waals surface area contributed by atoms with Crippen molar-refractivity contribution in [3.05, 3.63) is 90.1 Å². The third kappa shape index (κ3) is 4.76. The van der Waals surface area contributed by atoms with Gasteiger partial charge in [-0.1, -0.05) is 0 Å². The second-order valence-corrected chi connectivity index (χ2v) is 13.8. The molecule has 0 radical (unpaired) electrons. The van der Waals surface area contributed by atoms with Gasteiger partial charge in [-0.3, -0.25) is 0 Å². The van der Waals surface area contributed by atoms with Crippen molar-refractivity contribution < 1.29 is 1.37 Å². The molecule has 34 heavy (non-hydrogen) atoms. The van der Waals surface area contributed by atoms with Gasteiger partial charge in [0, 0.05) is 0 Å². The number of hydrogen-bond acceptors (Lipinski definition) is 1. The average molecular weight is 512 g/mol. The Kier molecular flexibility index (Phi) is 5.47. The van der Waals surface area contributed by atoms with E-state index in [-0.39, 0.29) is 25.3 Å². The average Bonchev–Trinajstić information content (AvgIpc) is 3.12. The van der Waals surface area contributed by atoms with E-state index in [0.29, 0.717) is 6.04 Å². The van der Waals surface area contributed by atoms with Crippen molar-refractivity contribution in [3.8, 4) is 21.3 Å². The van der Waals surface area contributed by atoms with Crippen LogP contribution in [0.4, 0.5) is 0 Å². The summed E-state index contributed by atoms with van der Waals surface area (Å²) in [5, 5.41) is 3.66. The van der Waals surface area contributed by atoms with Gasteiger partial charge in [0.15, 0.2) is 0 Å². The minimum absolute atomic E-state index is 0.0328. The van der Waals surface area contributed by atoms with Gasteiger partial charge in [0.2, 0.25) is 0 Å². The van der Waals surface area contributed by atoms with Crippen LogP contribution in [0.25, 0.3) is 41.7 Å². The van der Waals surface area contributed by atoms with Crippen LogP contribution in [0.1, 0.15) is 54.0 Å². The zero-order valence-electron chi connectivity index (χ0n) is 22.0. The molecule has 0 bridgehead atoms. The maximum atomic E-state index is 9.01. The van der Waals surface area contributed by atoms with Gasteiger partial charge < -0.3 is 0 Å². The molecule has 0 saturated carbocycles. The topological polar surface area (TPSA) is 12.9 Å². The van der Waals surface area contributed by atoms with Crippen LogP contribution < -0.4 is 0 Å². The Bertz CT molecular complexity index is 1550. The Balaban J connectivity index is 1.61. The first-order chi connectivity index (χ1) is 16.5. The molecule has 172 valence electrons. The third-order valence-electron chi connectivity index (χ3n) is 6.23. The van der Waals surface area contributed by atoms with E-state index in [2.05, 4.69) is 108 Å². The molecule has 0 unspecified atom stereocenters. The fourth-order valence-electron chi connectivity index (χ4n) is 4.68. The van der Waals surface area contributed by atoms with Gasteiger partial charge in [-0.2, -0.15) is 0 Å². The number of nitrogens with zero attached hydrogens (tertiary/aromatic N) is 1. The molecule has 1 nitrogen and oxygen atoms in total. The van der Waals surface area contributed by atoms with E-state index < -0.39 is 0 Å². The summed E-state index contributed by atoms with van der Waals surface area (Å²) in [6.07, 6.45) is 2.92. The van der Waals surface area contributed by atoms with E-state index in [1.165, 1.54) is 26.2 Å². The first kappa shape index (κ1) is 21.8. The number of hydrogen-bond donors (Lipinski definition) is 0. The summed E-state index contributed by atoms with van der Waals surface area (Å²) in [4.78, 5) is 4.76. The van der Waals surface area contributed by atoms with Crippen molar-refractivity contribution in [2.45, 2.75) is 53.4 Å². The van der Waals surface area contributed by atoms with E-state index in [1.807, 2.05) is 6.20 Å². The summed E-state index contributed by atoms with van der Waals surface area (Å²) in [6.45, 7) is 13.6. The summed E-state index contributed by atoms with van der Waals surface area (Å²) >= 11 is 0.130. The fraction of sp³-hybridized carbons (Fsp3) is 0.281. The van der Waals surface area contributed by atoms with Crippen LogP contribution in [-0.4, -0.2) is 19.5 Å². The molecule has 0 aliphatic rings. The second-order valence-electron chi connectivity index (χ2n) is 11.5. The van der Waals surface area contributed by atoms with E-state index in [9.17, 15) is 0 Å². The predicted molar refractivity (Wildman–Crippen MR) is 149 cm³/mol. The van der Waals surface area contributed by atoms with Crippen molar-refractivity contribution >= 4 is 34.9 Å². The molecule has 3 aromatic carbocycles. The third-order valence-corrected chi connectivity index (χ3v) is 8.57. The van der Waals surface area contributed by atoms with Crippen molar-refractivity contribution in [3.63, 3.8) is 0 Å². The van der Waals surface area contributed by atoms with Gasteiger partial charge in [-0.05, 0) is 0 Å². The Labute approximate surface area is 211 Å². The molecule has 0 aliphatic heterocycles. The summed E-state index contributed by atoms with van der Waals surface area (Å²) in [6, 6.07) is 24.9. The van der Waals surface area contributed by atoms with Gasteiger partial charge in [0.05, 0.1) is 0 Å². The van der Waals surface area contributed by atoms with Crippen LogP contribution in [0.5, 0.6) is 0 Å². The molecule has 0 atom stereocenters. The van der Waals surface area contributed by atoms with E-state index in [0.717, 1.165) is 33.1 Å². The molecule has 0 saturated heterocycles. The van der Waals surface area contributed by atoms with E-state index in [1.54, 1.807) is 0 Å². The normalized spacial score (nSPS) is 12.9. The van der Waals surface area contributed by atoms with Crippen LogP contribution in [0.2, 0.25) is 0 Å². The standard InChI is InChI=1S/C32H33NSe/c1-31(2,3)20-21-11-12-29-25(15-21)19-30(34-29)23-13-14-33-28(18-23)24-16-22-9-7-8-10-26(22)27(17-24)32(4,5)6/h7-19H,20H2,1-6H3/i19D. The van der Waals surface area contributed by atoms with E-state index in [4.69, 9.17) is 6.35 Å². The van der Waals surface area contributed by atoms with Crippen molar-refractivity contribution in [2.24, 2.45) is 5.41 Å². The Morgan fingerprint density at radius 2 is 1.62 bits per heavy atom. The molecule has 0 spiro atoms. The molecule has 2 heteroatoms. The fourth-order valence-corrected chi connectivity index (χ4v) is 6.74. The Morgan fingerprint density at radius 1 is 0.824 bits per heavy atom. The van der Waals surface area contributed by atoms with Gasteiger partial charge in [-0.25, -0.2) is 0 Å².